The molecule has 0 atom stereocenters. The number of hydrogen-bond donors (Lipinski definition) is 0. The Morgan fingerprint density at radius 2 is 1.85 bits per heavy atom. The molecular formula is C21H30N4O2. The Hall–Kier alpha value is -2.63. The van der Waals surface area contributed by atoms with Gasteiger partial charge in [-0.3, -0.25) is 9.59 Å². The van der Waals surface area contributed by atoms with Crippen LogP contribution in [0, 0.1) is 0 Å². The zero-order valence-electron chi connectivity index (χ0n) is 16.8. The lowest BCUT2D eigenvalue weighted by Gasteiger charge is -2.20. The van der Waals surface area contributed by atoms with E-state index >= 15 is 0 Å². The predicted octanol–water partition coefficient (Wildman–Crippen LogP) is 3.35. The van der Waals surface area contributed by atoms with Crippen molar-refractivity contribution in [1.82, 2.24) is 14.5 Å². The summed E-state index contributed by atoms with van der Waals surface area (Å²) in [5, 5.41) is 0. The summed E-state index contributed by atoms with van der Waals surface area (Å²) in [4.78, 5) is 32.4. The molecule has 6 heteroatoms. The molecule has 0 saturated heterocycles. The first-order valence-electron chi connectivity index (χ1n) is 9.60. The number of rotatable bonds is 10. The lowest BCUT2D eigenvalue weighted by molar-refractivity contribution is -0.107. The number of anilines is 1. The van der Waals surface area contributed by atoms with Gasteiger partial charge in [-0.25, -0.2) is 4.98 Å². The van der Waals surface area contributed by atoms with Crippen LogP contribution < -0.4 is 4.90 Å². The predicted molar refractivity (Wildman–Crippen MR) is 108 cm³/mol. The van der Waals surface area contributed by atoms with Crippen molar-refractivity contribution < 1.29 is 9.59 Å². The van der Waals surface area contributed by atoms with Crippen LogP contribution in [0.4, 0.5) is 5.82 Å². The van der Waals surface area contributed by atoms with Gasteiger partial charge >= 0.3 is 0 Å². The van der Waals surface area contributed by atoms with E-state index in [4.69, 9.17) is 0 Å². The van der Waals surface area contributed by atoms with Gasteiger partial charge in [0.15, 0.2) is 11.5 Å². The monoisotopic (exact) mass is 370 g/mol. The molecule has 6 nitrogen and oxygen atoms in total. The molecule has 0 N–H and O–H groups in total. The van der Waals surface area contributed by atoms with Crippen LogP contribution >= 0.6 is 0 Å². The number of carbonyl (C=O) groups excluding carboxylic acids is 2. The molecule has 2 aromatic rings. The van der Waals surface area contributed by atoms with E-state index in [-0.39, 0.29) is 5.91 Å². The Bertz CT molecular complexity index is 755. The first kappa shape index (κ1) is 20.7. The van der Waals surface area contributed by atoms with Crippen LogP contribution in [0.5, 0.6) is 0 Å². The van der Waals surface area contributed by atoms with E-state index in [1.165, 1.54) is 4.90 Å². The van der Waals surface area contributed by atoms with Gasteiger partial charge in [-0.15, -0.1) is 0 Å². The summed E-state index contributed by atoms with van der Waals surface area (Å²) >= 11 is 0. The van der Waals surface area contributed by atoms with Gasteiger partial charge in [-0.1, -0.05) is 50.6 Å². The van der Waals surface area contributed by atoms with Crippen LogP contribution in [0.3, 0.4) is 0 Å². The van der Waals surface area contributed by atoms with E-state index in [1.54, 1.807) is 19.0 Å². The van der Waals surface area contributed by atoms with Crippen molar-refractivity contribution in [3.63, 3.8) is 0 Å². The largest absolute Gasteiger partial charge is 0.340 e. The maximum absolute atomic E-state index is 13.2. The molecule has 146 valence electrons. The van der Waals surface area contributed by atoms with Gasteiger partial charge in [0.25, 0.3) is 5.91 Å². The molecule has 0 spiro atoms. The third-order valence-electron chi connectivity index (χ3n) is 4.57. The van der Waals surface area contributed by atoms with Gasteiger partial charge in [0.1, 0.15) is 5.82 Å². The number of carbonyl (C=O) groups is 2. The quantitative estimate of drug-likeness (QED) is 0.603. The summed E-state index contributed by atoms with van der Waals surface area (Å²) < 4.78 is 1.98. The summed E-state index contributed by atoms with van der Waals surface area (Å²) in [6.07, 6.45) is 4.37. The number of benzene rings is 1. The minimum Gasteiger partial charge on any atom is -0.340 e. The topological polar surface area (TPSA) is 58.4 Å². The fourth-order valence-electron chi connectivity index (χ4n) is 3.07. The first-order chi connectivity index (χ1) is 13.0. The molecule has 0 saturated carbocycles. The third-order valence-corrected chi connectivity index (χ3v) is 4.57. The summed E-state index contributed by atoms with van der Waals surface area (Å²) in [6, 6.07) is 10.0. The van der Waals surface area contributed by atoms with Crippen LogP contribution in [0.25, 0.3) is 0 Å². The van der Waals surface area contributed by atoms with Crippen molar-refractivity contribution >= 4 is 18.1 Å². The zero-order valence-corrected chi connectivity index (χ0v) is 16.8. The van der Waals surface area contributed by atoms with Gasteiger partial charge in [0.2, 0.25) is 6.41 Å². The lowest BCUT2D eigenvalue weighted by Crippen LogP contribution is -2.31. The summed E-state index contributed by atoms with van der Waals surface area (Å²) in [7, 11) is 3.44. The maximum atomic E-state index is 13.2. The first-order valence-corrected chi connectivity index (χ1v) is 9.60. The molecule has 0 unspecified atom stereocenters. The van der Waals surface area contributed by atoms with E-state index in [2.05, 4.69) is 11.9 Å². The second-order valence-corrected chi connectivity index (χ2v) is 6.82. The van der Waals surface area contributed by atoms with Crippen molar-refractivity contribution in [2.75, 3.05) is 25.5 Å². The maximum Gasteiger partial charge on any atom is 0.274 e. The Morgan fingerprint density at radius 3 is 2.44 bits per heavy atom. The van der Waals surface area contributed by atoms with Crippen molar-refractivity contribution in [3.8, 4) is 0 Å². The fourth-order valence-corrected chi connectivity index (χ4v) is 3.07. The van der Waals surface area contributed by atoms with Gasteiger partial charge in [0, 0.05) is 33.6 Å². The molecule has 1 aromatic heterocycles. The number of amides is 2. The second-order valence-electron chi connectivity index (χ2n) is 6.82. The van der Waals surface area contributed by atoms with E-state index in [0.29, 0.717) is 31.0 Å². The van der Waals surface area contributed by atoms with Crippen LogP contribution in [0.1, 0.15) is 55.0 Å². The molecule has 0 bridgehead atoms. The highest BCUT2D eigenvalue weighted by Gasteiger charge is 2.27. The fraction of sp³-hybridized carbons (Fsp3) is 0.476. The number of nitrogens with zero attached hydrogens (tertiary/aromatic N) is 4. The normalized spacial score (nSPS) is 10.7. The number of aromatic nitrogens is 2. The Morgan fingerprint density at radius 1 is 1.15 bits per heavy atom. The molecule has 0 radical (unpaired) electrons. The van der Waals surface area contributed by atoms with Crippen LogP contribution in [0.2, 0.25) is 0 Å². The molecule has 2 rings (SSSR count). The van der Waals surface area contributed by atoms with E-state index in [1.807, 2.05) is 41.8 Å². The summed E-state index contributed by atoms with van der Waals surface area (Å²) in [5.74, 6) is 1.17. The Labute approximate surface area is 161 Å². The van der Waals surface area contributed by atoms with Gasteiger partial charge in [0.05, 0.1) is 0 Å². The number of aryl methyl sites for hydroxylation is 1. The molecule has 0 fully saturated rings. The highest BCUT2D eigenvalue weighted by molar-refractivity contribution is 5.99. The molecule has 0 aliphatic carbocycles. The van der Waals surface area contributed by atoms with Gasteiger partial charge in [-0.2, -0.15) is 0 Å². The highest BCUT2D eigenvalue weighted by atomic mass is 16.2. The zero-order chi connectivity index (χ0) is 19.8. The Balaban J connectivity index is 2.57. The average molecular weight is 370 g/mol. The standard InChI is InChI=1S/C21H30N4O2/c1-5-7-13-18-22-20(24(4)16-26)19(21(27)23(3)14-6-2)25(18)15-17-11-9-8-10-12-17/h8-12,16H,5-7,13-15H2,1-4H3. The van der Waals surface area contributed by atoms with Gasteiger partial charge in [-0.05, 0) is 18.4 Å². The van der Waals surface area contributed by atoms with Crippen LogP contribution in [-0.2, 0) is 17.8 Å². The van der Waals surface area contributed by atoms with Crippen LogP contribution in [-0.4, -0.2) is 47.4 Å². The van der Waals surface area contributed by atoms with E-state index in [9.17, 15) is 9.59 Å². The van der Waals surface area contributed by atoms with Crippen molar-refractivity contribution in [3.05, 3.63) is 47.4 Å². The van der Waals surface area contributed by atoms with Gasteiger partial charge < -0.3 is 14.4 Å². The molecule has 0 aliphatic heterocycles. The molecule has 1 aromatic carbocycles. The Kier molecular flexibility index (Phi) is 7.58. The number of imidazole rings is 1. The van der Waals surface area contributed by atoms with E-state index < -0.39 is 0 Å². The second kappa shape index (κ2) is 9.90. The average Bonchev–Trinajstić information content (AvgIpc) is 3.04. The minimum absolute atomic E-state index is 0.105. The summed E-state index contributed by atoms with van der Waals surface area (Å²) in [5.41, 5.74) is 1.58. The molecule has 27 heavy (non-hydrogen) atoms. The molecular weight excluding hydrogens is 340 g/mol. The SMILES string of the molecule is CCCCc1nc(N(C)C=O)c(C(=O)N(C)CCC)n1Cc1ccccc1. The lowest BCUT2D eigenvalue weighted by atomic mass is 10.2. The molecule has 0 aliphatic rings. The van der Waals surface area contributed by atoms with Crippen molar-refractivity contribution in [2.45, 2.75) is 46.1 Å². The third kappa shape index (κ3) is 4.96. The van der Waals surface area contributed by atoms with Crippen molar-refractivity contribution in [1.29, 1.82) is 0 Å². The minimum atomic E-state index is -0.105. The van der Waals surface area contributed by atoms with Crippen molar-refractivity contribution in [2.24, 2.45) is 0 Å². The molecule has 2 amide bonds. The highest BCUT2D eigenvalue weighted by Crippen LogP contribution is 2.24. The van der Waals surface area contributed by atoms with Crippen LogP contribution in [0.15, 0.2) is 30.3 Å². The molecule has 1 heterocycles. The number of unbranched alkanes of at least 4 members (excludes halogenated alkanes) is 1. The number of hydrogen-bond acceptors (Lipinski definition) is 3. The smallest absolute Gasteiger partial charge is 0.274 e. The summed E-state index contributed by atoms with van der Waals surface area (Å²) in [6.45, 7) is 5.38. The van der Waals surface area contributed by atoms with E-state index in [0.717, 1.165) is 37.1 Å².